The minimum Gasteiger partial charge on any atom is -0.334 e. The van der Waals surface area contributed by atoms with Crippen molar-refractivity contribution in [3.63, 3.8) is 0 Å². The van der Waals surface area contributed by atoms with E-state index in [9.17, 15) is 13.2 Å². The molecule has 0 N–H and O–H groups in total. The second-order valence-corrected chi connectivity index (χ2v) is 8.50. The molecule has 1 aromatic carbocycles. The van der Waals surface area contributed by atoms with Crippen molar-refractivity contribution >= 4 is 22.0 Å². The first kappa shape index (κ1) is 19.7. The van der Waals surface area contributed by atoms with E-state index in [-0.39, 0.29) is 16.8 Å². The van der Waals surface area contributed by atoms with Gasteiger partial charge in [0.25, 0.3) is 0 Å². The SMILES string of the molecule is CCN(CC)S(=O)(=O)c1ccc(/C=C/C(=O)N(C(C)C)C2CC2)cc1. The number of carbonyl (C=O) groups excluding carboxylic acids is 1. The highest BCUT2D eigenvalue weighted by Crippen LogP contribution is 2.29. The topological polar surface area (TPSA) is 57.7 Å². The summed E-state index contributed by atoms with van der Waals surface area (Å²) in [5.74, 6) is 0.0114. The van der Waals surface area contributed by atoms with Gasteiger partial charge in [0, 0.05) is 31.2 Å². The molecule has 0 radical (unpaired) electrons. The molecule has 5 nitrogen and oxygen atoms in total. The van der Waals surface area contributed by atoms with Gasteiger partial charge in [-0.2, -0.15) is 4.31 Å². The lowest BCUT2D eigenvalue weighted by Gasteiger charge is -2.25. The molecule has 2 rings (SSSR count). The highest BCUT2D eigenvalue weighted by atomic mass is 32.2. The first-order chi connectivity index (χ1) is 11.8. The van der Waals surface area contributed by atoms with E-state index in [1.54, 1.807) is 36.4 Å². The Labute approximate surface area is 151 Å². The number of rotatable bonds is 8. The molecule has 25 heavy (non-hydrogen) atoms. The predicted molar refractivity (Wildman–Crippen MR) is 101 cm³/mol. The van der Waals surface area contributed by atoms with Crippen molar-refractivity contribution < 1.29 is 13.2 Å². The molecule has 0 atom stereocenters. The van der Waals surface area contributed by atoms with Gasteiger partial charge in [-0.15, -0.1) is 0 Å². The van der Waals surface area contributed by atoms with Crippen molar-refractivity contribution in [3.05, 3.63) is 35.9 Å². The maximum absolute atomic E-state index is 12.5. The third kappa shape index (κ3) is 4.70. The lowest BCUT2D eigenvalue weighted by atomic mass is 10.2. The molecule has 0 aromatic heterocycles. The molecular weight excluding hydrogens is 336 g/mol. The number of benzene rings is 1. The van der Waals surface area contributed by atoms with Crippen LogP contribution in [0.5, 0.6) is 0 Å². The van der Waals surface area contributed by atoms with Crippen LogP contribution in [0.4, 0.5) is 0 Å². The van der Waals surface area contributed by atoms with Gasteiger partial charge in [-0.25, -0.2) is 8.42 Å². The monoisotopic (exact) mass is 364 g/mol. The van der Waals surface area contributed by atoms with E-state index < -0.39 is 10.0 Å². The third-order valence-electron chi connectivity index (χ3n) is 4.39. The van der Waals surface area contributed by atoms with Crippen molar-refractivity contribution in [1.29, 1.82) is 0 Å². The number of hydrogen-bond acceptors (Lipinski definition) is 3. The Morgan fingerprint density at radius 2 is 1.72 bits per heavy atom. The molecule has 1 aromatic rings. The number of carbonyl (C=O) groups is 1. The Bertz CT molecular complexity index is 714. The molecule has 6 heteroatoms. The third-order valence-corrected chi connectivity index (χ3v) is 6.46. The number of amides is 1. The van der Waals surface area contributed by atoms with Crippen LogP contribution in [0.25, 0.3) is 6.08 Å². The standard InChI is InChI=1S/C19H28N2O3S/c1-5-20(6-2)25(23,24)18-12-7-16(8-13-18)9-14-19(22)21(15(3)4)17-10-11-17/h7-9,12-15,17H,5-6,10-11H2,1-4H3/b14-9+. The first-order valence-electron chi connectivity index (χ1n) is 8.91. The Hall–Kier alpha value is -1.66. The quantitative estimate of drug-likeness (QED) is 0.666. The van der Waals surface area contributed by atoms with Gasteiger partial charge in [0.2, 0.25) is 15.9 Å². The first-order valence-corrected chi connectivity index (χ1v) is 10.4. The van der Waals surface area contributed by atoms with Crippen LogP contribution >= 0.6 is 0 Å². The second-order valence-electron chi connectivity index (χ2n) is 6.56. The van der Waals surface area contributed by atoms with Crippen LogP contribution in [0.2, 0.25) is 0 Å². The maximum atomic E-state index is 12.5. The lowest BCUT2D eigenvalue weighted by Crippen LogP contribution is -2.37. The summed E-state index contributed by atoms with van der Waals surface area (Å²) < 4.78 is 26.4. The highest BCUT2D eigenvalue weighted by Gasteiger charge is 2.33. The van der Waals surface area contributed by atoms with Crippen molar-refractivity contribution in [3.8, 4) is 0 Å². The van der Waals surface area contributed by atoms with Gasteiger partial charge in [0.05, 0.1) is 4.90 Å². The van der Waals surface area contributed by atoms with Crippen LogP contribution in [0.1, 0.15) is 46.1 Å². The van der Waals surface area contributed by atoms with E-state index in [1.165, 1.54) is 4.31 Å². The zero-order valence-corrected chi connectivity index (χ0v) is 16.3. The van der Waals surface area contributed by atoms with E-state index in [2.05, 4.69) is 0 Å². The molecule has 0 unspecified atom stereocenters. The van der Waals surface area contributed by atoms with Crippen LogP contribution < -0.4 is 0 Å². The van der Waals surface area contributed by atoms with Crippen molar-refractivity contribution in [2.45, 2.75) is 57.5 Å². The van der Waals surface area contributed by atoms with E-state index in [0.717, 1.165) is 18.4 Å². The molecule has 1 aliphatic rings. The Balaban J connectivity index is 2.11. The molecule has 1 fully saturated rings. The second kappa shape index (κ2) is 8.15. The van der Waals surface area contributed by atoms with Gasteiger partial charge in [-0.05, 0) is 50.5 Å². The van der Waals surface area contributed by atoms with Gasteiger partial charge in [-0.3, -0.25) is 4.79 Å². The smallest absolute Gasteiger partial charge is 0.247 e. The Kier molecular flexibility index (Phi) is 6.41. The average molecular weight is 365 g/mol. The molecule has 0 heterocycles. The zero-order valence-electron chi connectivity index (χ0n) is 15.5. The van der Waals surface area contributed by atoms with E-state index in [1.807, 2.05) is 32.6 Å². The minimum atomic E-state index is -3.44. The highest BCUT2D eigenvalue weighted by molar-refractivity contribution is 7.89. The Morgan fingerprint density at radius 1 is 1.16 bits per heavy atom. The van der Waals surface area contributed by atoms with Gasteiger partial charge >= 0.3 is 0 Å². The molecule has 0 saturated heterocycles. The summed E-state index contributed by atoms with van der Waals surface area (Å²) in [5.41, 5.74) is 0.811. The summed E-state index contributed by atoms with van der Waals surface area (Å²) in [6.07, 6.45) is 5.48. The van der Waals surface area contributed by atoms with Gasteiger partial charge in [0.15, 0.2) is 0 Å². The average Bonchev–Trinajstić information content (AvgIpc) is 3.39. The molecule has 1 aliphatic carbocycles. The van der Waals surface area contributed by atoms with Crippen LogP contribution in [0.3, 0.4) is 0 Å². The molecule has 1 saturated carbocycles. The summed E-state index contributed by atoms with van der Waals surface area (Å²) >= 11 is 0. The fraction of sp³-hybridized carbons (Fsp3) is 0.526. The zero-order chi connectivity index (χ0) is 18.6. The Morgan fingerprint density at radius 3 is 2.16 bits per heavy atom. The van der Waals surface area contributed by atoms with Crippen LogP contribution in [0, 0.1) is 0 Å². The molecule has 0 aliphatic heterocycles. The van der Waals surface area contributed by atoms with E-state index in [0.29, 0.717) is 19.1 Å². The van der Waals surface area contributed by atoms with Gasteiger partial charge in [0.1, 0.15) is 0 Å². The summed E-state index contributed by atoms with van der Waals surface area (Å²) in [6, 6.07) is 7.22. The minimum absolute atomic E-state index is 0.0114. The summed E-state index contributed by atoms with van der Waals surface area (Å²) in [5, 5.41) is 0. The van der Waals surface area contributed by atoms with Crippen molar-refractivity contribution in [2.75, 3.05) is 13.1 Å². The summed E-state index contributed by atoms with van der Waals surface area (Å²) in [6.45, 7) is 8.59. The van der Waals surface area contributed by atoms with E-state index >= 15 is 0 Å². The van der Waals surface area contributed by atoms with Gasteiger partial charge < -0.3 is 4.90 Å². The lowest BCUT2D eigenvalue weighted by molar-refractivity contribution is -0.128. The molecule has 138 valence electrons. The molecule has 1 amide bonds. The fourth-order valence-electron chi connectivity index (χ4n) is 2.93. The summed E-state index contributed by atoms with van der Waals surface area (Å²) in [7, 11) is -3.44. The normalized spacial score (nSPS) is 15.3. The molecule has 0 bridgehead atoms. The largest absolute Gasteiger partial charge is 0.334 e. The van der Waals surface area contributed by atoms with Crippen LogP contribution in [-0.2, 0) is 14.8 Å². The molecule has 0 spiro atoms. The van der Waals surface area contributed by atoms with Crippen molar-refractivity contribution in [2.24, 2.45) is 0 Å². The number of sulfonamides is 1. The van der Waals surface area contributed by atoms with Gasteiger partial charge in [-0.1, -0.05) is 26.0 Å². The number of hydrogen-bond donors (Lipinski definition) is 0. The van der Waals surface area contributed by atoms with Crippen LogP contribution in [-0.4, -0.2) is 48.7 Å². The number of nitrogens with zero attached hydrogens (tertiary/aromatic N) is 2. The maximum Gasteiger partial charge on any atom is 0.247 e. The van der Waals surface area contributed by atoms with Crippen molar-refractivity contribution in [1.82, 2.24) is 9.21 Å². The van der Waals surface area contributed by atoms with E-state index in [4.69, 9.17) is 0 Å². The predicted octanol–water partition coefficient (Wildman–Crippen LogP) is 3.13. The fourth-order valence-corrected chi connectivity index (χ4v) is 4.38. The molecular formula is C19H28N2O3S. The summed E-state index contributed by atoms with van der Waals surface area (Å²) in [4.78, 5) is 14.6. The van der Waals surface area contributed by atoms with Crippen LogP contribution in [0.15, 0.2) is 35.2 Å².